The van der Waals surface area contributed by atoms with Crippen molar-refractivity contribution >= 4 is 102 Å². The minimum Gasteiger partial charge on any atom is -0.307 e. The van der Waals surface area contributed by atoms with Crippen LogP contribution in [0.4, 0.5) is 17.1 Å². The standard InChI is InChI=1S/C50H31NS2/c1-2-16-32(17-3-1)47-38-23-6-4-18-33(38)34-19-5-7-24-39(34)48(47)51(44-29-15-27-42-37-22-10-13-31-46(37)53-50(42)44)43-28-11-8-20-35(43)40-25-14-26-41-36-21-9-12-30-45(36)52-49(40)41/h1-31H. The molecule has 0 aliphatic rings. The Kier molecular flexibility index (Phi) is 6.97. The predicted octanol–water partition coefficient (Wildman–Crippen LogP) is 15.5. The molecule has 0 aliphatic heterocycles. The third kappa shape index (κ3) is 4.68. The van der Waals surface area contributed by atoms with Gasteiger partial charge in [0.15, 0.2) is 0 Å². The second-order valence-corrected chi connectivity index (χ2v) is 15.7. The van der Waals surface area contributed by atoms with Gasteiger partial charge in [0.2, 0.25) is 0 Å². The first kappa shape index (κ1) is 30.4. The SMILES string of the molecule is c1ccc(-c2c(N(c3ccccc3-c3cccc4c3sc3ccccc34)c3cccc4c3sc3ccccc34)c3ccccc3c3ccccc23)cc1. The van der Waals surface area contributed by atoms with Crippen LogP contribution in [-0.4, -0.2) is 0 Å². The van der Waals surface area contributed by atoms with E-state index >= 15 is 0 Å². The molecule has 0 bridgehead atoms. The van der Waals surface area contributed by atoms with Crippen molar-refractivity contribution in [2.24, 2.45) is 0 Å². The van der Waals surface area contributed by atoms with Gasteiger partial charge in [-0.05, 0) is 46.0 Å². The van der Waals surface area contributed by atoms with Gasteiger partial charge in [-0.2, -0.15) is 0 Å². The van der Waals surface area contributed by atoms with Gasteiger partial charge in [0.25, 0.3) is 0 Å². The van der Waals surface area contributed by atoms with Gasteiger partial charge in [0.05, 0.1) is 21.8 Å². The Bertz CT molecular complexity index is 3190. The predicted molar refractivity (Wildman–Crippen MR) is 233 cm³/mol. The topological polar surface area (TPSA) is 3.24 Å². The lowest BCUT2D eigenvalue weighted by molar-refractivity contribution is 1.32. The van der Waals surface area contributed by atoms with E-state index in [-0.39, 0.29) is 0 Å². The van der Waals surface area contributed by atoms with Crippen LogP contribution in [0.2, 0.25) is 0 Å². The fourth-order valence-electron chi connectivity index (χ4n) is 8.39. The number of hydrogen-bond donors (Lipinski definition) is 0. The first-order valence-corrected chi connectivity index (χ1v) is 19.7. The zero-order chi connectivity index (χ0) is 34.9. The molecule has 0 saturated carbocycles. The highest BCUT2D eigenvalue weighted by atomic mass is 32.1. The van der Waals surface area contributed by atoms with Crippen molar-refractivity contribution in [2.75, 3.05) is 4.90 Å². The van der Waals surface area contributed by atoms with Crippen LogP contribution in [0, 0.1) is 0 Å². The Balaban J connectivity index is 1.33. The molecule has 53 heavy (non-hydrogen) atoms. The third-order valence-electron chi connectivity index (χ3n) is 10.7. The first-order valence-electron chi connectivity index (χ1n) is 18.0. The lowest BCUT2D eigenvalue weighted by Crippen LogP contribution is -2.13. The van der Waals surface area contributed by atoms with Crippen LogP contribution in [0.3, 0.4) is 0 Å². The van der Waals surface area contributed by atoms with Gasteiger partial charge < -0.3 is 4.90 Å². The minimum atomic E-state index is 1.15. The summed E-state index contributed by atoms with van der Waals surface area (Å²) in [4.78, 5) is 2.59. The van der Waals surface area contributed by atoms with Crippen LogP contribution in [0.5, 0.6) is 0 Å². The van der Waals surface area contributed by atoms with Crippen molar-refractivity contribution in [3.63, 3.8) is 0 Å². The molecule has 0 spiro atoms. The smallest absolute Gasteiger partial charge is 0.0641 e. The Morgan fingerprint density at radius 1 is 0.302 bits per heavy atom. The Morgan fingerprint density at radius 2 is 0.774 bits per heavy atom. The molecule has 9 aromatic carbocycles. The average Bonchev–Trinajstić information content (AvgIpc) is 3.81. The van der Waals surface area contributed by atoms with E-state index in [9.17, 15) is 0 Å². The highest BCUT2D eigenvalue weighted by molar-refractivity contribution is 7.26. The van der Waals surface area contributed by atoms with Crippen molar-refractivity contribution in [2.45, 2.75) is 0 Å². The van der Waals surface area contributed by atoms with Crippen LogP contribution in [0.1, 0.15) is 0 Å². The Hall–Kier alpha value is -6.26. The van der Waals surface area contributed by atoms with E-state index in [2.05, 4.69) is 193 Å². The zero-order valence-corrected chi connectivity index (χ0v) is 30.3. The monoisotopic (exact) mass is 709 g/mol. The molecular weight excluding hydrogens is 679 g/mol. The van der Waals surface area contributed by atoms with Crippen LogP contribution in [-0.2, 0) is 0 Å². The molecule has 0 fully saturated rings. The van der Waals surface area contributed by atoms with Gasteiger partial charge in [-0.15, -0.1) is 22.7 Å². The van der Waals surface area contributed by atoms with E-state index in [0.717, 1.165) is 5.69 Å². The van der Waals surface area contributed by atoms with Gasteiger partial charge >= 0.3 is 0 Å². The number of nitrogens with zero attached hydrogens (tertiary/aromatic N) is 1. The van der Waals surface area contributed by atoms with Gasteiger partial charge in [0.1, 0.15) is 0 Å². The van der Waals surface area contributed by atoms with Gasteiger partial charge in [0, 0.05) is 57.7 Å². The third-order valence-corrected chi connectivity index (χ3v) is 13.1. The second kappa shape index (κ2) is 12.2. The molecule has 0 unspecified atom stereocenters. The molecule has 0 aliphatic carbocycles. The van der Waals surface area contributed by atoms with E-state index in [1.54, 1.807) is 0 Å². The molecule has 11 rings (SSSR count). The zero-order valence-electron chi connectivity index (χ0n) is 28.7. The van der Waals surface area contributed by atoms with Crippen molar-refractivity contribution < 1.29 is 0 Å². The maximum atomic E-state index is 2.59. The number of thiophene rings is 2. The van der Waals surface area contributed by atoms with Gasteiger partial charge in [-0.25, -0.2) is 0 Å². The summed E-state index contributed by atoms with van der Waals surface area (Å²) in [5.74, 6) is 0. The summed E-state index contributed by atoms with van der Waals surface area (Å²) in [6.45, 7) is 0. The molecule has 0 amide bonds. The molecule has 0 saturated heterocycles. The van der Waals surface area contributed by atoms with Crippen LogP contribution >= 0.6 is 22.7 Å². The molecule has 3 heteroatoms. The van der Waals surface area contributed by atoms with Crippen molar-refractivity contribution in [3.8, 4) is 22.3 Å². The van der Waals surface area contributed by atoms with Crippen LogP contribution in [0.15, 0.2) is 188 Å². The summed E-state index contributed by atoms with van der Waals surface area (Å²) in [6.07, 6.45) is 0. The molecular formula is C50H31NS2. The minimum absolute atomic E-state index is 1.15. The van der Waals surface area contributed by atoms with Crippen LogP contribution < -0.4 is 4.90 Å². The summed E-state index contributed by atoms with van der Waals surface area (Å²) in [5, 5.41) is 10.2. The number of benzene rings is 9. The van der Waals surface area contributed by atoms with E-state index in [4.69, 9.17) is 0 Å². The lowest BCUT2D eigenvalue weighted by Gasteiger charge is -2.32. The highest BCUT2D eigenvalue weighted by Gasteiger charge is 2.27. The fraction of sp³-hybridized carbons (Fsp3) is 0. The molecule has 2 heterocycles. The molecule has 2 aromatic heterocycles. The quantitative estimate of drug-likeness (QED) is 0.161. The van der Waals surface area contributed by atoms with Gasteiger partial charge in [-0.3, -0.25) is 0 Å². The first-order chi connectivity index (χ1) is 26.3. The van der Waals surface area contributed by atoms with E-state index in [1.165, 1.54) is 95.5 Å². The molecule has 0 radical (unpaired) electrons. The Morgan fingerprint density at radius 3 is 1.51 bits per heavy atom. The van der Waals surface area contributed by atoms with E-state index < -0.39 is 0 Å². The molecule has 1 nitrogen and oxygen atoms in total. The van der Waals surface area contributed by atoms with E-state index in [1.807, 2.05) is 22.7 Å². The fourth-order valence-corrected chi connectivity index (χ4v) is 10.8. The number of anilines is 3. The maximum Gasteiger partial charge on any atom is 0.0641 e. The van der Waals surface area contributed by atoms with Crippen molar-refractivity contribution in [3.05, 3.63) is 188 Å². The Labute approximate surface area is 315 Å². The molecule has 248 valence electrons. The summed E-state index contributed by atoms with van der Waals surface area (Å²) in [6, 6.07) is 69.2. The number of fused-ring (bicyclic) bond motifs is 9. The van der Waals surface area contributed by atoms with Crippen molar-refractivity contribution in [1.29, 1.82) is 0 Å². The molecule has 0 atom stereocenters. The summed E-state index contributed by atoms with van der Waals surface area (Å²) < 4.78 is 5.20. The average molecular weight is 710 g/mol. The van der Waals surface area contributed by atoms with Crippen LogP contribution in [0.25, 0.3) is 84.1 Å². The lowest BCUT2D eigenvalue weighted by atomic mass is 9.89. The normalized spacial score (nSPS) is 11.8. The summed E-state index contributed by atoms with van der Waals surface area (Å²) in [7, 11) is 0. The van der Waals surface area contributed by atoms with Crippen molar-refractivity contribution in [1.82, 2.24) is 0 Å². The second-order valence-electron chi connectivity index (χ2n) is 13.6. The molecule has 11 aromatic rings. The summed E-state index contributed by atoms with van der Waals surface area (Å²) >= 11 is 3.77. The number of para-hydroxylation sites is 1. The number of rotatable bonds is 5. The molecule has 0 N–H and O–H groups in total. The maximum absolute atomic E-state index is 2.59. The summed E-state index contributed by atoms with van der Waals surface area (Å²) in [5.41, 5.74) is 8.40. The van der Waals surface area contributed by atoms with E-state index in [0.29, 0.717) is 0 Å². The number of hydrogen-bond acceptors (Lipinski definition) is 3. The largest absolute Gasteiger partial charge is 0.307 e. The highest BCUT2D eigenvalue weighted by Crippen LogP contribution is 2.54. The van der Waals surface area contributed by atoms with Gasteiger partial charge in [-0.1, -0.05) is 164 Å².